The van der Waals surface area contributed by atoms with E-state index < -0.39 is 5.54 Å². The van der Waals surface area contributed by atoms with Gasteiger partial charge in [-0.2, -0.15) is 0 Å². The number of hydrogen-bond acceptors (Lipinski definition) is 4. The highest BCUT2D eigenvalue weighted by Crippen LogP contribution is 2.38. The smallest absolute Gasteiger partial charge is 0.337 e. The lowest BCUT2D eigenvalue weighted by Gasteiger charge is -2.46. The van der Waals surface area contributed by atoms with E-state index >= 15 is 0 Å². The van der Waals surface area contributed by atoms with Gasteiger partial charge in [-0.3, -0.25) is 14.3 Å². The molecule has 1 N–H and O–H groups in total. The SMILES string of the molecule is CC(C)n1c(=O)n(C(=O)NCC2CCN(C3(C(=O)Cl)CCCCC3)CC2)c2ccccc21. The van der Waals surface area contributed by atoms with Gasteiger partial charge >= 0.3 is 11.7 Å². The number of aromatic nitrogens is 2. The number of likely N-dealkylation sites (tertiary alicyclic amines) is 1. The molecule has 8 heteroatoms. The number of halogens is 1. The Balaban J connectivity index is 1.41. The summed E-state index contributed by atoms with van der Waals surface area (Å²) >= 11 is 6.07. The van der Waals surface area contributed by atoms with Gasteiger partial charge in [-0.15, -0.1) is 0 Å². The average Bonchev–Trinajstić information content (AvgIpc) is 3.10. The van der Waals surface area contributed by atoms with Gasteiger partial charge in [0.25, 0.3) is 0 Å². The number of rotatable bonds is 5. The highest BCUT2D eigenvalue weighted by molar-refractivity contribution is 6.65. The van der Waals surface area contributed by atoms with Crippen molar-refractivity contribution in [3.8, 4) is 0 Å². The minimum absolute atomic E-state index is 0.0393. The topological polar surface area (TPSA) is 76.3 Å². The molecule has 1 saturated heterocycles. The van der Waals surface area contributed by atoms with Crippen LogP contribution >= 0.6 is 11.6 Å². The Kier molecular flexibility index (Phi) is 6.77. The number of amides is 1. The van der Waals surface area contributed by atoms with Gasteiger partial charge in [0.2, 0.25) is 5.24 Å². The maximum Gasteiger partial charge on any atom is 0.337 e. The molecule has 0 radical (unpaired) electrons. The quantitative estimate of drug-likeness (QED) is 0.681. The zero-order chi connectivity index (χ0) is 22.9. The summed E-state index contributed by atoms with van der Waals surface area (Å²) in [6.45, 7) is 6.02. The number of nitrogens with one attached hydrogen (secondary N) is 1. The highest BCUT2D eigenvalue weighted by atomic mass is 35.5. The van der Waals surface area contributed by atoms with Crippen LogP contribution in [0.2, 0.25) is 0 Å². The van der Waals surface area contributed by atoms with Crippen LogP contribution in [0.5, 0.6) is 0 Å². The molecule has 0 atom stereocenters. The number of nitrogens with zero attached hydrogens (tertiary/aromatic N) is 3. The van der Waals surface area contributed by atoms with E-state index in [1.54, 1.807) is 10.6 Å². The fourth-order valence-corrected chi connectivity index (χ4v) is 5.82. The van der Waals surface area contributed by atoms with Crippen molar-refractivity contribution >= 4 is 33.9 Å². The zero-order valence-corrected chi connectivity index (χ0v) is 19.7. The third-order valence-electron chi connectivity index (χ3n) is 7.31. The molecule has 1 aliphatic carbocycles. The number of fused-ring (bicyclic) bond motifs is 1. The van der Waals surface area contributed by atoms with Crippen molar-refractivity contribution < 1.29 is 9.59 Å². The van der Waals surface area contributed by atoms with E-state index in [0.717, 1.165) is 57.1 Å². The van der Waals surface area contributed by atoms with Crippen LogP contribution in [0.15, 0.2) is 29.1 Å². The van der Waals surface area contributed by atoms with Gasteiger partial charge < -0.3 is 5.32 Å². The second-order valence-corrected chi connectivity index (χ2v) is 9.90. The third-order valence-corrected chi connectivity index (χ3v) is 7.66. The van der Waals surface area contributed by atoms with Crippen molar-refractivity contribution in [1.29, 1.82) is 0 Å². The molecule has 1 saturated carbocycles. The normalized spacial score (nSPS) is 20.0. The van der Waals surface area contributed by atoms with Crippen molar-refractivity contribution in [1.82, 2.24) is 19.4 Å². The molecule has 4 rings (SSSR count). The molecule has 1 aromatic heterocycles. The molecule has 0 bridgehead atoms. The van der Waals surface area contributed by atoms with Crippen molar-refractivity contribution in [3.63, 3.8) is 0 Å². The highest BCUT2D eigenvalue weighted by Gasteiger charge is 2.44. The maximum absolute atomic E-state index is 13.0. The lowest BCUT2D eigenvalue weighted by atomic mass is 9.79. The minimum Gasteiger partial charge on any atom is -0.337 e. The first-order chi connectivity index (χ1) is 15.3. The fraction of sp³-hybridized carbons (Fsp3) is 0.625. The molecule has 2 aromatic rings. The first-order valence-corrected chi connectivity index (χ1v) is 12.2. The van der Waals surface area contributed by atoms with Gasteiger partial charge in [-0.25, -0.2) is 14.2 Å². The third kappa shape index (κ3) is 4.13. The van der Waals surface area contributed by atoms with Crippen LogP contribution in [0.25, 0.3) is 11.0 Å². The Morgan fingerprint density at radius 2 is 1.72 bits per heavy atom. The molecular formula is C24H33ClN4O3. The van der Waals surface area contributed by atoms with Gasteiger partial charge in [-0.1, -0.05) is 31.4 Å². The second-order valence-electron chi connectivity index (χ2n) is 9.55. The average molecular weight is 461 g/mol. The van der Waals surface area contributed by atoms with Crippen LogP contribution in [0.1, 0.15) is 64.8 Å². The van der Waals surface area contributed by atoms with E-state index in [0.29, 0.717) is 18.0 Å². The standard InChI is InChI=1S/C24H33ClN4O3/c1-17(2)28-19-8-4-5-9-20(19)29(23(28)32)22(31)26-16-18-10-14-27(15-11-18)24(21(25)30)12-6-3-7-13-24/h4-5,8-9,17-18H,3,6-7,10-16H2,1-2H3,(H,26,31). The van der Waals surface area contributed by atoms with Gasteiger partial charge in [0.1, 0.15) is 0 Å². The van der Waals surface area contributed by atoms with Crippen LogP contribution in [0.4, 0.5) is 4.79 Å². The van der Waals surface area contributed by atoms with Crippen molar-refractivity contribution in [2.24, 2.45) is 5.92 Å². The summed E-state index contributed by atoms with van der Waals surface area (Å²) in [4.78, 5) is 40.5. The molecular weight excluding hydrogens is 428 g/mol. The van der Waals surface area contributed by atoms with Crippen LogP contribution in [0.3, 0.4) is 0 Å². The second kappa shape index (κ2) is 9.40. The minimum atomic E-state index is -0.500. The molecule has 7 nitrogen and oxygen atoms in total. The van der Waals surface area contributed by atoms with Crippen LogP contribution in [-0.2, 0) is 4.79 Å². The van der Waals surface area contributed by atoms with E-state index in [4.69, 9.17) is 11.6 Å². The summed E-state index contributed by atoms with van der Waals surface area (Å²) in [5, 5.41) is 2.76. The predicted molar refractivity (Wildman–Crippen MR) is 126 cm³/mol. The van der Waals surface area contributed by atoms with Gasteiger partial charge in [0.15, 0.2) is 0 Å². The van der Waals surface area contributed by atoms with Gasteiger partial charge in [-0.05, 0) is 82.3 Å². The molecule has 2 heterocycles. The molecule has 0 spiro atoms. The summed E-state index contributed by atoms with van der Waals surface area (Å²) in [6.07, 6.45) is 6.75. The van der Waals surface area contributed by atoms with Crippen LogP contribution in [0, 0.1) is 5.92 Å². The predicted octanol–water partition coefficient (Wildman–Crippen LogP) is 4.12. The lowest BCUT2D eigenvalue weighted by molar-refractivity contribution is -0.126. The molecule has 1 amide bonds. The Bertz CT molecular complexity index is 1040. The van der Waals surface area contributed by atoms with Gasteiger partial charge in [0.05, 0.1) is 16.6 Å². The molecule has 32 heavy (non-hydrogen) atoms. The number of carbonyl (C=O) groups excluding carboxylic acids is 2. The number of benzene rings is 1. The molecule has 0 unspecified atom stereocenters. The zero-order valence-electron chi connectivity index (χ0n) is 19.0. The molecule has 1 aromatic carbocycles. The van der Waals surface area contributed by atoms with Gasteiger partial charge in [0, 0.05) is 12.6 Å². The summed E-state index contributed by atoms with van der Waals surface area (Å²) in [7, 11) is 0. The molecule has 174 valence electrons. The summed E-state index contributed by atoms with van der Waals surface area (Å²) in [5.74, 6) is 0.315. The van der Waals surface area contributed by atoms with Crippen molar-refractivity contribution in [2.45, 2.75) is 70.4 Å². The first-order valence-electron chi connectivity index (χ1n) is 11.8. The molecule has 1 aliphatic heterocycles. The fourth-order valence-electron chi connectivity index (χ4n) is 5.52. The van der Waals surface area contributed by atoms with Crippen molar-refractivity contribution in [3.05, 3.63) is 34.7 Å². The largest absolute Gasteiger partial charge is 0.337 e. The van der Waals surface area contributed by atoms with E-state index in [9.17, 15) is 14.4 Å². The number of carbonyl (C=O) groups is 2. The Morgan fingerprint density at radius 1 is 1.09 bits per heavy atom. The Hall–Kier alpha value is -2.12. The van der Waals surface area contributed by atoms with E-state index in [1.165, 1.54) is 11.0 Å². The summed E-state index contributed by atoms with van der Waals surface area (Å²) < 4.78 is 2.90. The molecule has 2 fully saturated rings. The van der Waals surface area contributed by atoms with E-state index in [1.807, 2.05) is 32.0 Å². The number of piperidine rings is 1. The van der Waals surface area contributed by atoms with E-state index in [2.05, 4.69) is 10.2 Å². The first kappa shape index (κ1) is 23.1. The number of imidazole rings is 1. The Labute approximate surface area is 193 Å². The van der Waals surface area contributed by atoms with Crippen LogP contribution in [-0.4, -0.2) is 50.5 Å². The summed E-state index contributed by atoms with van der Waals surface area (Å²) in [6, 6.07) is 6.97. The van der Waals surface area contributed by atoms with Crippen molar-refractivity contribution in [2.75, 3.05) is 19.6 Å². The Morgan fingerprint density at radius 3 is 2.31 bits per heavy atom. The maximum atomic E-state index is 13.0. The summed E-state index contributed by atoms with van der Waals surface area (Å²) in [5.41, 5.74) is 0.575. The molecule has 2 aliphatic rings. The van der Waals surface area contributed by atoms with E-state index in [-0.39, 0.29) is 23.0 Å². The number of para-hydroxylation sites is 2. The van der Waals surface area contributed by atoms with Crippen LogP contribution < -0.4 is 11.0 Å². The monoisotopic (exact) mass is 460 g/mol. The lowest BCUT2D eigenvalue weighted by Crippen LogP contribution is -2.57. The number of hydrogen-bond donors (Lipinski definition) is 1.